The molecule has 0 unspecified atom stereocenters. The van der Waals surface area contributed by atoms with Gasteiger partial charge in [-0.15, -0.1) is 24.5 Å². The van der Waals surface area contributed by atoms with E-state index >= 15 is 0 Å². The first-order chi connectivity index (χ1) is 17.6. The molecule has 0 aliphatic carbocycles. The number of alkyl halides is 3. The minimum Gasteiger partial charge on any atom is -0.462 e. The number of thioether (sulfide) groups is 1. The highest BCUT2D eigenvalue weighted by Crippen LogP contribution is 2.31. The van der Waals surface area contributed by atoms with E-state index < -0.39 is 12.3 Å². The van der Waals surface area contributed by atoms with Crippen molar-refractivity contribution in [3.63, 3.8) is 0 Å². The van der Waals surface area contributed by atoms with Gasteiger partial charge >= 0.3 is 12.3 Å². The zero-order valence-corrected chi connectivity index (χ0v) is 22.0. The van der Waals surface area contributed by atoms with E-state index in [1.807, 2.05) is 6.07 Å². The Hall–Kier alpha value is -3.02. The molecular formula is C25H20ClF3N2O4S2. The molecule has 4 rings (SSSR count). The summed E-state index contributed by atoms with van der Waals surface area (Å²) in [6.07, 6.45) is -4.77. The van der Waals surface area contributed by atoms with E-state index in [0.29, 0.717) is 42.2 Å². The Bertz CT molecular complexity index is 1500. The SMILES string of the molecule is CCOC(=O)c1sc2nc(SCc3ccc(OC(F)(F)F)cc3)n(Cc3cccc(Cl)c3)c(=O)c2c1C. The summed E-state index contributed by atoms with van der Waals surface area (Å²) in [5.74, 6) is -0.507. The lowest BCUT2D eigenvalue weighted by Crippen LogP contribution is -2.24. The van der Waals surface area contributed by atoms with Gasteiger partial charge < -0.3 is 9.47 Å². The lowest BCUT2D eigenvalue weighted by Gasteiger charge is -2.13. The van der Waals surface area contributed by atoms with E-state index in [9.17, 15) is 22.8 Å². The second-order valence-electron chi connectivity index (χ2n) is 7.85. The fourth-order valence-corrected chi connectivity index (χ4v) is 5.88. The van der Waals surface area contributed by atoms with Crippen molar-refractivity contribution in [2.24, 2.45) is 0 Å². The number of carbonyl (C=O) groups is 1. The van der Waals surface area contributed by atoms with Crippen LogP contribution < -0.4 is 10.3 Å². The van der Waals surface area contributed by atoms with Crippen LogP contribution in [0.3, 0.4) is 0 Å². The van der Waals surface area contributed by atoms with Crippen molar-refractivity contribution in [3.8, 4) is 5.75 Å². The number of halogens is 4. The second kappa shape index (κ2) is 11.2. The molecule has 2 heterocycles. The van der Waals surface area contributed by atoms with E-state index in [2.05, 4.69) is 9.72 Å². The summed E-state index contributed by atoms with van der Waals surface area (Å²) in [5, 5.41) is 1.25. The smallest absolute Gasteiger partial charge is 0.462 e. The van der Waals surface area contributed by atoms with Crippen LogP contribution in [0.15, 0.2) is 58.5 Å². The Kier molecular flexibility index (Phi) is 8.15. The maximum Gasteiger partial charge on any atom is 0.573 e. The number of nitrogens with zero attached hydrogens (tertiary/aromatic N) is 2. The number of ether oxygens (including phenoxy) is 2. The summed E-state index contributed by atoms with van der Waals surface area (Å²) < 4.78 is 47.9. The predicted octanol–water partition coefficient (Wildman–Crippen LogP) is 6.84. The summed E-state index contributed by atoms with van der Waals surface area (Å²) in [6, 6.07) is 12.6. The van der Waals surface area contributed by atoms with Crippen molar-refractivity contribution in [3.05, 3.63) is 85.5 Å². The normalized spacial score (nSPS) is 11.6. The van der Waals surface area contributed by atoms with Gasteiger partial charge in [0, 0.05) is 10.8 Å². The largest absolute Gasteiger partial charge is 0.573 e. The van der Waals surface area contributed by atoms with E-state index in [0.717, 1.165) is 16.9 Å². The van der Waals surface area contributed by atoms with Crippen molar-refractivity contribution in [1.29, 1.82) is 0 Å². The van der Waals surface area contributed by atoms with Gasteiger partial charge in [-0.05, 0) is 54.8 Å². The third kappa shape index (κ3) is 6.46. The molecule has 0 fully saturated rings. The average molecular weight is 569 g/mol. The van der Waals surface area contributed by atoms with Crippen LogP contribution in [-0.2, 0) is 17.0 Å². The molecular weight excluding hydrogens is 549 g/mol. The Labute approximate surface area is 223 Å². The number of hydrogen-bond donors (Lipinski definition) is 0. The number of thiophene rings is 1. The zero-order chi connectivity index (χ0) is 26.7. The Morgan fingerprint density at radius 2 is 1.89 bits per heavy atom. The van der Waals surface area contributed by atoms with Gasteiger partial charge in [-0.3, -0.25) is 9.36 Å². The van der Waals surface area contributed by atoms with E-state index in [-0.39, 0.29) is 24.5 Å². The second-order valence-corrected chi connectivity index (χ2v) is 10.2. The topological polar surface area (TPSA) is 70.4 Å². The average Bonchev–Trinajstić information content (AvgIpc) is 3.16. The summed E-state index contributed by atoms with van der Waals surface area (Å²) >= 11 is 8.48. The van der Waals surface area contributed by atoms with Crippen LogP contribution in [-0.4, -0.2) is 28.5 Å². The van der Waals surface area contributed by atoms with Gasteiger partial charge in [0.05, 0.1) is 18.5 Å². The number of hydrogen-bond acceptors (Lipinski definition) is 7. The molecule has 0 radical (unpaired) electrons. The lowest BCUT2D eigenvalue weighted by molar-refractivity contribution is -0.274. The van der Waals surface area contributed by atoms with Crippen molar-refractivity contribution >= 4 is 50.9 Å². The standard InChI is InChI=1S/C25H20ClF3N2O4S2/c1-3-34-23(33)20-14(2)19-21(37-20)30-24(31(22(19)32)12-16-5-4-6-17(26)11-16)36-13-15-7-9-18(10-8-15)35-25(27,28)29/h4-11H,3,12-13H2,1-2H3. The molecule has 37 heavy (non-hydrogen) atoms. The van der Waals surface area contributed by atoms with Crippen molar-refractivity contribution in [1.82, 2.24) is 9.55 Å². The summed E-state index contributed by atoms with van der Waals surface area (Å²) in [4.78, 5) is 31.5. The third-order valence-electron chi connectivity index (χ3n) is 5.23. The monoisotopic (exact) mass is 568 g/mol. The molecule has 0 aliphatic heterocycles. The lowest BCUT2D eigenvalue weighted by atomic mass is 10.2. The number of esters is 1. The van der Waals surface area contributed by atoms with Crippen LogP contribution in [0.1, 0.15) is 33.3 Å². The van der Waals surface area contributed by atoms with Gasteiger partial charge in [-0.2, -0.15) is 0 Å². The van der Waals surface area contributed by atoms with Crippen LogP contribution in [0.25, 0.3) is 10.2 Å². The first-order valence-electron chi connectivity index (χ1n) is 11.0. The van der Waals surface area contributed by atoms with Crippen LogP contribution in [0.4, 0.5) is 13.2 Å². The number of fused-ring (bicyclic) bond motifs is 1. The number of carbonyl (C=O) groups excluding carboxylic acids is 1. The predicted molar refractivity (Wildman–Crippen MR) is 138 cm³/mol. The first kappa shape index (κ1) is 27.0. The van der Waals surface area contributed by atoms with Crippen molar-refractivity contribution in [2.45, 2.75) is 37.7 Å². The first-order valence-corrected chi connectivity index (χ1v) is 13.2. The summed E-state index contributed by atoms with van der Waals surface area (Å²) in [5.41, 5.74) is 1.68. The van der Waals surface area contributed by atoms with Crippen molar-refractivity contribution < 1.29 is 27.4 Å². The quantitative estimate of drug-likeness (QED) is 0.132. The molecule has 0 amide bonds. The van der Waals surface area contributed by atoms with Gasteiger partial charge in [0.25, 0.3) is 5.56 Å². The van der Waals surface area contributed by atoms with Gasteiger partial charge in [-0.1, -0.05) is 47.6 Å². The number of aromatic nitrogens is 2. The molecule has 12 heteroatoms. The maximum absolute atomic E-state index is 13.7. The Morgan fingerprint density at radius 3 is 2.54 bits per heavy atom. The molecule has 0 bridgehead atoms. The Morgan fingerprint density at radius 1 is 1.16 bits per heavy atom. The maximum atomic E-state index is 13.7. The fourth-order valence-electron chi connectivity index (χ4n) is 3.59. The molecule has 0 aliphatic rings. The fraction of sp³-hybridized carbons (Fsp3) is 0.240. The molecule has 2 aromatic heterocycles. The number of rotatable bonds is 8. The molecule has 6 nitrogen and oxygen atoms in total. The molecule has 4 aromatic rings. The highest BCUT2D eigenvalue weighted by Gasteiger charge is 2.31. The van der Waals surface area contributed by atoms with Gasteiger partial charge in [0.2, 0.25) is 0 Å². The molecule has 0 N–H and O–H groups in total. The summed E-state index contributed by atoms with van der Waals surface area (Å²) in [6.45, 7) is 3.78. The van der Waals surface area contributed by atoms with Crippen LogP contribution >= 0.6 is 34.7 Å². The van der Waals surface area contributed by atoms with Crippen LogP contribution in [0, 0.1) is 6.92 Å². The van der Waals surface area contributed by atoms with Crippen molar-refractivity contribution in [2.75, 3.05) is 6.61 Å². The minimum atomic E-state index is -4.77. The van der Waals surface area contributed by atoms with Gasteiger partial charge in [0.1, 0.15) is 15.5 Å². The highest BCUT2D eigenvalue weighted by atomic mass is 35.5. The zero-order valence-electron chi connectivity index (χ0n) is 19.6. The third-order valence-corrected chi connectivity index (χ3v) is 7.68. The Balaban J connectivity index is 1.71. The number of benzene rings is 2. The minimum absolute atomic E-state index is 0.188. The van der Waals surface area contributed by atoms with Gasteiger partial charge in [-0.25, -0.2) is 9.78 Å². The van der Waals surface area contributed by atoms with Crippen LogP contribution in [0.2, 0.25) is 5.02 Å². The molecule has 2 aromatic carbocycles. The van der Waals surface area contributed by atoms with E-state index in [1.165, 1.54) is 40.6 Å². The van der Waals surface area contributed by atoms with Crippen LogP contribution in [0.5, 0.6) is 5.75 Å². The number of aryl methyl sites for hydroxylation is 1. The molecule has 0 spiro atoms. The van der Waals surface area contributed by atoms with E-state index in [1.54, 1.807) is 32.0 Å². The molecule has 0 saturated carbocycles. The highest BCUT2D eigenvalue weighted by molar-refractivity contribution is 7.98. The van der Waals surface area contributed by atoms with E-state index in [4.69, 9.17) is 16.3 Å². The van der Waals surface area contributed by atoms with Gasteiger partial charge in [0.15, 0.2) is 5.16 Å². The molecule has 0 atom stereocenters. The molecule has 194 valence electrons. The molecule has 0 saturated heterocycles. The summed E-state index contributed by atoms with van der Waals surface area (Å²) in [7, 11) is 0.